The topological polar surface area (TPSA) is 57.8 Å². The molecule has 0 spiro atoms. The third kappa shape index (κ3) is 2.32. The number of anilines is 1. The van der Waals surface area contributed by atoms with Gasteiger partial charge >= 0.3 is 0 Å². The van der Waals surface area contributed by atoms with Crippen LogP contribution in [0.3, 0.4) is 0 Å². The van der Waals surface area contributed by atoms with Gasteiger partial charge in [0.1, 0.15) is 0 Å². The molecule has 2 N–H and O–H groups in total. The maximum atomic E-state index is 12.4. The molecule has 0 saturated carbocycles. The Labute approximate surface area is 124 Å². The number of amides is 1. The van der Waals surface area contributed by atoms with Crippen LogP contribution in [0.1, 0.15) is 15.9 Å². The van der Waals surface area contributed by atoms with Crippen LogP contribution in [0.25, 0.3) is 10.9 Å². The Morgan fingerprint density at radius 3 is 3.00 bits per heavy atom. The number of fused-ring (bicyclic) bond motifs is 1. The molecule has 1 aromatic heterocycles. The van der Waals surface area contributed by atoms with E-state index in [0.29, 0.717) is 5.56 Å². The fraction of sp³-hybridized carbons (Fsp3) is 0.0667. The molecular weight excluding hydrogens is 318 g/mol. The van der Waals surface area contributed by atoms with Gasteiger partial charge in [0.25, 0.3) is 5.91 Å². The normalized spacial score (nSPS) is 10.7. The minimum Gasteiger partial charge on any atom is -0.320 e. The van der Waals surface area contributed by atoms with Crippen LogP contribution < -0.4 is 5.32 Å². The molecule has 1 amide bonds. The second-order valence-electron chi connectivity index (χ2n) is 4.58. The fourth-order valence-corrected chi connectivity index (χ4v) is 2.50. The summed E-state index contributed by atoms with van der Waals surface area (Å²) in [5.41, 5.74) is 3.20. The van der Waals surface area contributed by atoms with Gasteiger partial charge in [-0.1, -0.05) is 23.8 Å². The minimum atomic E-state index is -0.150. The smallest absolute Gasteiger partial charge is 0.256 e. The van der Waals surface area contributed by atoms with Gasteiger partial charge in [0, 0.05) is 9.86 Å². The van der Waals surface area contributed by atoms with Crippen molar-refractivity contribution in [3.63, 3.8) is 0 Å². The van der Waals surface area contributed by atoms with E-state index < -0.39 is 0 Å². The Morgan fingerprint density at radius 1 is 1.30 bits per heavy atom. The number of halogens is 1. The molecule has 0 radical (unpaired) electrons. The number of carbonyl (C=O) groups excluding carboxylic acids is 1. The molecule has 5 heteroatoms. The van der Waals surface area contributed by atoms with E-state index in [2.05, 4.69) is 31.4 Å². The first kappa shape index (κ1) is 12.9. The molecule has 0 aliphatic carbocycles. The lowest BCUT2D eigenvalue weighted by atomic mass is 10.1. The highest BCUT2D eigenvalue weighted by molar-refractivity contribution is 9.10. The van der Waals surface area contributed by atoms with Crippen LogP contribution in [0.15, 0.2) is 47.1 Å². The third-order valence-corrected chi connectivity index (χ3v) is 3.78. The molecule has 0 fully saturated rings. The molecule has 3 aromatic rings. The third-order valence-electron chi connectivity index (χ3n) is 3.09. The molecule has 0 unspecified atom stereocenters. The maximum Gasteiger partial charge on any atom is 0.256 e. The Hall–Kier alpha value is -2.14. The molecule has 0 bridgehead atoms. The number of aromatic amines is 1. The second-order valence-corrected chi connectivity index (χ2v) is 5.43. The van der Waals surface area contributed by atoms with E-state index in [1.165, 1.54) is 0 Å². The van der Waals surface area contributed by atoms with Crippen molar-refractivity contribution in [3.05, 3.63) is 58.2 Å². The number of carbonyl (C=O) groups is 1. The van der Waals surface area contributed by atoms with Gasteiger partial charge in [0.05, 0.1) is 23.0 Å². The van der Waals surface area contributed by atoms with Crippen LogP contribution in [0.5, 0.6) is 0 Å². The molecule has 100 valence electrons. The summed E-state index contributed by atoms with van der Waals surface area (Å²) in [6.07, 6.45) is 1.73. The zero-order valence-electron chi connectivity index (χ0n) is 10.8. The van der Waals surface area contributed by atoms with Gasteiger partial charge in [-0.25, -0.2) is 0 Å². The number of aryl methyl sites for hydroxylation is 1. The average Bonchev–Trinajstić information content (AvgIpc) is 2.91. The van der Waals surface area contributed by atoms with Gasteiger partial charge in [-0.15, -0.1) is 0 Å². The molecule has 0 saturated heterocycles. The van der Waals surface area contributed by atoms with Gasteiger partial charge in [0.15, 0.2) is 0 Å². The largest absolute Gasteiger partial charge is 0.320 e. The lowest BCUT2D eigenvalue weighted by Gasteiger charge is -2.08. The molecule has 0 aliphatic rings. The lowest BCUT2D eigenvalue weighted by molar-refractivity contribution is 0.102. The molecule has 2 aromatic carbocycles. The number of nitrogens with one attached hydrogen (secondary N) is 2. The summed E-state index contributed by atoms with van der Waals surface area (Å²) >= 11 is 3.41. The molecule has 0 atom stereocenters. The van der Waals surface area contributed by atoms with Gasteiger partial charge in [-0.05, 0) is 41.1 Å². The van der Waals surface area contributed by atoms with E-state index >= 15 is 0 Å². The van der Waals surface area contributed by atoms with E-state index in [4.69, 9.17) is 0 Å². The highest BCUT2D eigenvalue weighted by atomic mass is 79.9. The van der Waals surface area contributed by atoms with E-state index in [0.717, 1.165) is 26.6 Å². The Morgan fingerprint density at radius 2 is 2.15 bits per heavy atom. The number of hydrogen-bond donors (Lipinski definition) is 2. The SMILES string of the molecule is Cc1ccc(Br)c(C(=O)Nc2cccc3cn[nH]c23)c1. The van der Waals surface area contributed by atoms with Crippen LogP contribution in [0, 0.1) is 6.92 Å². The summed E-state index contributed by atoms with van der Waals surface area (Å²) in [6.45, 7) is 1.96. The standard InChI is InChI=1S/C15H12BrN3O/c1-9-5-6-12(16)11(7-9)15(20)18-13-4-2-3-10-8-17-19-14(10)13/h2-8H,1H3,(H,17,19)(H,18,20). The first-order valence-corrected chi connectivity index (χ1v) is 6.94. The first-order chi connectivity index (χ1) is 9.65. The van der Waals surface area contributed by atoms with Gasteiger partial charge in [0.2, 0.25) is 0 Å². The van der Waals surface area contributed by atoms with Crippen molar-refractivity contribution >= 4 is 38.4 Å². The number of benzene rings is 2. The molecular formula is C15H12BrN3O. The Bertz CT molecular complexity index is 795. The highest BCUT2D eigenvalue weighted by Crippen LogP contribution is 2.23. The van der Waals surface area contributed by atoms with Crippen LogP contribution in [0.2, 0.25) is 0 Å². The first-order valence-electron chi connectivity index (χ1n) is 6.15. The number of hydrogen-bond acceptors (Lipinski definition) is 2. The average molecular weight is 330 g/mol. The van der Waals surface area contributed by atoms with Gasteiger partial charge in [-0.3, -0.25) is 9.89 Å². The van der Waals surface area contributed by atoms with E-state index in [9.17, 15) is 4.79 Å². The lowest BCUT2D eigenvalue weighted by Crippen LogP contribution is -2.13. The van der Waals surface area contributed by atoms with Crippen molar-refractivity contribution in [3.8, 4) is 0 Å². The highest BCUT2D eigenvalue weighted by Gasteiger charge is 2.12. The van der Waals surface area contributed by atoms with Crippen molar-refractivity contribution in [2.75, 3.05) is 5.32 Å². The van der Waals surface area contributed by atoms with Crippen molar-refractivity contribution in [2.24, 2.45) is 0 Å². The number of rotatable bonds is 2. The summed E-state index contributed by atoms with van der Waals surface area (Å²) in [7, 11) is 0. The van der Waals surface area contributed by atoms with Crippen molar-refractivity contribution in [1.29, 1.82) is 0 Å². The number of aromatic nitrogens is 2. The Kier molecular flexibility index (Phi) is 3.28. The predicted octanol–water partition coefficient (Wildman–Crippen LogP) is 3.89. The molecule has 1 heterocycles. The van der Waals surface area contributed by atoms with Crippen LogP contribution in [-0.2, 0) is 0 Å². The van der Waals surface area contributed by atoms with E-state index in [1.54, 1.807) is 6.20 Å². The summed E-state index contributed by atoms with van der Waals surface area (Å²) in [5.74, 6) is -0.150. The zero-order chi connectivity index (χ0) is 14.1. The van der Waals surface area contributed by atoms with E-state index in [-0.39, 0.29) is 5.91 Å². The van der Waals surface area contributed by atoms with Crippen LogP contribution in [0.4, 0.5) is 5.69 Å². The van der Waals surface area contributed by atoms with E-state index in [1.807, 2.05) is 43.3 Å². The number of H-pyrrole nitrogens is 1. The van der Waals surface area contributed by atoms with Gasteiger partial charge < -0.3 is 5.32 Å². The molecule has 20 heavy (non-hydrogen) atoms. The van der Waals surface area contributed by atoms with Crippen molar-refractivity contribution < 1.29 is 4.79 Å². The quantitative estimate of drug-likeness (QED) is 0.749. The fourth-order valence-electron chi connectivity index (χ4n) is 2.08. The predicted molar refractivity (Wildman–Crippen MR) is 82.9 cm³/mol. The maximum absolute atomic E-state index is 12.4. The summed E-state index contributed by atoms with van der Waals surface area (Å²) in [6, 6.07) is 11.4. The summed E-state index contributed by atoms with van der Waals surface area (Å²) < 4.78 is 0.775. The monoisotopic (exact) mass is 329 g/mol. The second kappa shape index (κ2) is 5.09. The summed E-state index contributed by atoms with van der Waals surface area (Å²) in [5, 5.41) is 10.8. The van der Waals surface area contributed by atoms with Crippen LogP contribution >= 0.6 is 15.9 Å². The van der Waals surface area contributed by atoms with Crippen LogP contribution in [-0.4, -0.2) is 16.1 Å². The Balaban J connectivity index is 1.96. The molecule has 0 aliphatic heterocycles. The number of para-hydroxylation sites is 1. The van der Waals surface area contributed by atoms with Crippen molar-refractivity contribution in [2.45, 2.75) is 6.92 Å². The minimum absolute atomic E-state index is 0.150. The summed E-state index contributed by atoms with van der Waals surface area (Å²) in [4.78, 5) is 12.4. The van der Waals surface area contributed by atoms with Gasteiger partial charge in [-0.2, -0.15) is 5.10 Å². The molecule has 3 rings (SSSR count). The van der Waals surface area contributed by atoms with Crippen molar-refractivity contribution in [1.82, 2.24) is 10.2 Å². The zero-order valence-corrected chi connectivity index (χ0v) is 12.4. The number of nitrogens with zero attached hydrogens (tertiary/aromatic N) is 1. The molecule has 4 nitrogen and oxygen atoms in total.